The normalized spacial score (nSPS) is 19.3. The van der Waals surface area contributed by atoms with E-state index in [-0.39, 0.29) is 22.8 Å². The molecule has 2 aromatic carbocycles. The Hall–Kier alpha value is -3.48. The number of carbonyl (C=O) groups excluding carboxylic acids is 2. The molecule has 1 atom stereocenters. The van der Waals surface area contributed by atoms with Crippen LogP contribution in [0.4, 0.5) is 17.1 Å². The van der Waals surface area contributed by atoms with Crippen molar-refractivity contribution in [2.45, 2.75) is 58.9 Å². The van der Waals surface area contributed by atoms with Crippen LogP contribution in [-0.2, 0) is 9.59 Å². The van der Waals surface area contributed by atoms with Gasteiger partial charge in [-0.1, -0.05) is 51.5 Å². The van der Waals surface area contributed by atoms with E-state index in [1.54, 1.807) is 17.0 Å². The van der Waals surface area contributed by atoms with E-state index in [2.05, 4.69) is 19.2 Å². The van der Waals surface area contributed by atoms with E-state index in [0.717, 1.165) is 24.2 Å². The summed E-state index contributed by atoms with van der Waals surface area (Å²) in [6.07, 6.45) is 2.91. The molecule has 4 rings (SSSR count). The molecular formula is C26H29N3O4. The minimum atomic E-state index is -0.732. The zero-order valence-electron chi connectivity index (χ0n) is 19.3. The summed E-state index contributed by atoms with van der Waals surface area (Å²) in [5, 5.41) is 15.0. The molecule has 0 bridgehead atoms. The summed E-state index contributed by atoms with van der Waals surface area (Å²) in [4.78, 5) is 39.9. The van der Waals surface area contributed by atoms with Crippen LogP contribution in [0.1, 0.15) is 64.5 Å². The van der Waals surface area contributed by atoms with Gasteiger partial charge in [-0.15, -0.1) is 0 Å². The first kappa shape index (κ1) is 22.7. The van der Waals surface area contributed by atoms with Crippen LogP contribution in [0.3, 0.4) is 0 Å². The Morgan fingerprint density at radius 3 is 2.67 bits per heavy atom. The minimum Gasteiger partial charge on any atom is -0.357 e. The Balaban J connectivity index is 1.99. The molecule has 0 saturated heterocycles. The number of fused-ring (bicyclic) bond motifs is 1. The lowest BCUT2D eigenvalue weighted by Gasteiger charge is -2.37. The van der Waals surface area contributed by atoms with Gasteiger partial charge in [0.15, 0.2) is 5.78 Å². The summed E-state index contributed by atoms with van der Waals surface area (Å²) in [5.41, 5.74) is 3.01. The number of hydrogen-bond donors (Lipinski definition) is 1. The van der Waals surface area contributed by atoms with Gasteiger partial charge in [-0.05, 0) is 36.0 Å². The van der Waals surface area contributed by atoms with Crippen molar-refractivity contribution in [1.82, 2.24) is 0 Å². The molecule has 0 fully saturated rings. The number of rotatable bonds is 5. The number of benzene rings is 2. The topological polar surface area (TPSA) is 92.6 Å². The molecule has 1 heterocycles. The van der Waals surface area contributed by atoms with Crippen LogP contribution in [-0.4, -0.2) is 16.6 Å². The fourth-order valence-electron chi connectivity index (χ4n) is 4.83. The van der Waals surface area contributed by atoms with Gasteiger partial charge in [-0.3, -0.25) is 24.6 Å². The summed E-state index contributed by atoms with van der Waals surface area (Å²) in [6, 6.07) is 13.1. The third-order valence-corrected chi connectivity index (χ3v) is 6.31. The number of nitro groups is 1. The van der Waals surface area contributed by atoms with Gasteiger partial charge in [0.2, 0.25) is 5.91 Å². The van der Waals surface area contributed by atoms with Gasteiger partial charge in [0.05, 0.1) is 22.3 Å². The van der Waals surface area contributed by atoms with Crippen molar-refractivity contribution in [2.75, 3.05) is 10.2 Å². The second-order valence-electron chi connectivity index (χ2n) is 9.60. The Labute approximate surface area is 193 Å². The Kier molecular flexibility index (Phi) is 6.06. The first-order valence-electron chi connectivity index (χ1n) is 11.4. The van der Waals surface area contributed by atoms with Crippen molar-refractivity contribution in [3.05, 3.63) is 75.5 Å². The van der Waals surface area contributed by atoms with Crippen LogP contribution in [0.5, 0.6) is 0 Å². The number of unbranched alkanes of at least 4 members (excludes halogenated alkanes) is 1. The zero-order chi connectivity index (χ0) is 23.8. The van der Waals surface area contributed by atoms with Crippen molar-refractivity contribution in [2.24, 2.45) is 5.41 Å². The molecule has 172 valence electrons. The summed E-state index contributed by atoms with van der Waals surface area (Å²) < 4.78 is 0. The predicted molar refractivity (Wildman–Crippen MR) is 128 cm³/mol. The summed E-state index contributed by atoms with van der Waals surface area (Å²) in [6.45, 7) is 6.13. The van der Waals surface area contributed by atoms with E-state index in [1.165, 1.54) is 12.1 Å². The standard InChI is InChI=1S/C26H29N3O4/c1-4-5-13-23(31)28-21-12-7-6-11-19(21)27-20-15-26(2,3)16-22(30)24(20)25(28)17-9-8-10-18(14-17)29(32)33/h6-12,14,25,27H,4-5,13,15-16H2,1-3H3/t25-/m1/s1. The van der Waals surface area contributed by atoms with Crippen molar-refractivity contribution < 1.29 is 14.5 Å². The van der Waals surface area contributed by atoms with Crippen molar-refractivity contribution in [1.29, 1.82) is 0 Å². The number of nitrogens with one attached hydrogen (secondary N) is 1. The highest BCUT2D eigenvalue weighted by Gasteiger charge is 2.43. The molecule has 7 nitrogen and oxygen atoms in total. The Morgan fingerprint density at radius 1 is 1.18 bits per heavy atom. The van der Waals surface area contributed by atoms with E-state index in [1.807, 2.05) is 31.2 Å². The molecule has 1 N–H and O–H groups in total. The SMILES string of the molecule is CCCCC(=O)N1c2ccccc2NC2=C(C(=O)CC(C)(C)C2)[C@H]1c1cccc([N+](=O)[O-])c1. The number of hydrogen-bond acceptors (Lipinski definition) is 5. The lowest BCUT2D eigenvalue weighted by molar-refractivity contribution is -0.384. The van der Waals surface area contributed by atoms with Crippen LogP contribution >= 0.6 is 0 Å². The van der Waals surface area contributed by atoms with Crippen LogP contribution in [0, 0.1) is 15.5 Å². The highest BCUT2D eigenvalue weighted by molar-refractivity contribution is 6.06. The third kappa shape index (κ3) is 4.40. The van der Waals surface area contributed by atoms with Gasteiger partial charge >= 0.3 is 0 Å². The Bertz CT molecular complexity index is 1150. The van der Waals surface area contributed by atoms with E-state index in [0.29, 0.717) is 36.1 Å². The van der Waals surface area contributed by atoms with Crippen molar-refractivity contribution >= 4 is 28.8 Å². The maximum Gasteiger partial charge on any atom is 0.269 e. The van der Waals surface area contributed by atoms with Crippen LogP contribution in [0.15, 0.2) is 59.8 Å². The van der Waals surface area contributed by atoms with Gasteiger partial charge in [0, 0.05) is 36.2 Å². The van der Waals surface area contributed by atoms with Crippen molar-refractivity contribution in [3.63, 3.8) is 0 Å². The van der Waals surface area contributed by atoms with Gasteiger partial charge < -0.3 is 5.32 Å². The molecule has 2 aromatic rings. The highest BCUT2D eigenvalue weighted by Crippen LogP contribution is 2.48. The monoisotopic (exact) mass is 447 g/mol. The fraction of sp³-hybridized carbons (Fsp3) is 0.385. The molecule has 0 spiro atoms. The minimum absolute atomic E-state index is 0.0358. The number of Topliss-reactive ketones (excluding diaryl/α,β-unsaturated/α-hetero) is 1. The second kappa shape index (κ2) is 8.81. The number of ketones is 1. The molecule has 2 aliphatic rings. The largest absolute Gasteiger partial charge is 0.357 e. The Morgan fingerprint density at radius 2 is 1.94 bits per heavy atom. The second-order valence-corrected chi connectivity index (χ2v) is 9.60. The number of amides is 1. The number of para-hydroxylation sites is 2. The number of anilines is 2. The van der Waals surface area contributed by atoms with Crippen LogP contribution in [0.25, 0.3) is 0 Å². The maximum absolute atomic E-state index is 13.6. The maximum atomic E-state index is 13.6. The number of allylic oxidation sites excluding steroid dienone is 1. The van der Waals surface area contributed by atoms with Gasteiger partial charge in [-0.2, -0.15) is 0 Å². The molecule has 1 aliphatic heterocycles. The number of non-ortho nitro benzene ring substituents is 1. The van der Waals surface area contributed by atoms with Crippen molar-refractivity contribution in [3.8, 4) is 0 Å². The third-order valence-electron chi connectivity index (χ3n) is 6.31. The summed E-state index contributed by atoms with van der Waals surface area (Å²) in [5.74, 6) is -0.139. The quantitative estimate of drug-likeness (QED) is 0.453. The molecule has 1 aliphatic carbocycles. The predicted octanol–water partition coefficient (Wildman–Crippen LogP) is 5.93. The van der Waals surface area contributed by atoms with Gasteiger partial charge in [0.25, 0.3) is 5.69 Å². The molecule has 0 unspecified atom stereocenters. The summed E-state index contributed by atoms with van der Waals surface area (Å²) >= 11 is 0. The fourth-order valence-corrected chi connectivity index (χ4v) is 4.83. The molecule has 0 saturated carbocycles. The average molecular weight is 448 g/mol. The molecular weight excluding hydrogens is 418 g/mol. The molecule has 33 heavy (non-hydrogen) atoms. The number of nitro benzene ring substituents is 1. The number of nitrogens with zero attached hydrogens (tertiary/aromatic N) is 2. The summed E-state index contributed by atoms with van der Waals surface area (Å²) in [7, 11) is 0. The molecule has 7 heteroatoms. The lowest BCUT2D eigenvalue weighted by atomic mass is 9.73. The lowest BCUT2D eigenvalue weighted by Crippen LogP contribution is -2.39. The van der Waals surface area contributed by atoms with Gasteiger partial charge in [0.1, 0.15) is 0 Å². The molecule has 1 amide bonds. The first-order valence-corrected chi connectivity index (χ1v) is 11.4. The number of carbonyl (C=O) groups is 2. The van der Waals surface area contributed by atoms with Crippen LogP contribution < -0.4 is 10.2 Å². The van der Waals surface area contributed by atoms with Crippen LogP contribution in [0.2, 0.25) is 0 Å². The smallest absolute Gasteiger partial charge is 0.269 e. The molecule has 0 aromatic heterocycles. The average Bonchev–Trinajstić information content (AvgIpc) is 2.91. The first-order chi connectivity index (χ1) is 15.7. The molecule has 0 radical (unpaired) electrons. The highest BCUT2D eigenvalue weighted by atomic mass is 16.6. The van der Waals surface area contributed by atoms with Gasteiger partial charge in [-0.25, -0.2) is 0 Å². The van der Waals surface area contributed by atoms with E-state index in [9.17, 15) is 19.7 Å². The van der Waals surface area contributed by atoms with E-state index >= 15 is 0 Å². The zero-order valence-corrected chi connectivity index (χ0v) is 19.3. The van der Waals surface area contributed by atoms with E-state index in [4.69, 9.17) is 0 Å². The van der Waals surface area contributed by atoms with E-state index < -0.39 is 11.0 Å².